The molecule has 5 heteroatoms. The predicted molar refractivity (Wildman–Crippen MR) is 61.0 cm³/mol. The van der Waals surface area contributed by atoms with Gasteiger partial charge in [0.1, 0.15) is 5.76 Å². The number of nitrogens with two attached hydrogens (primary N) is 1. The van der Waals surface area contributed by atoms with Crippen LogP contribution >= 0.6 is 0 Å². The Hall–Kier alpha value is -1.62. The van der Waals surface area contributed by atoms with Crippen LogP contribution < -0.4 is 5.73 Å². The highest BCUT2D eigenvalue weighted by atomic mass is 16.6. The molecule has 0 heterocycles. The molecule has 0 bridgehead atoms. The van der Waals surface area contributed by atoms with E-state index in [0.29, 0.717) is 0 Å². The zero-order valence-corrected chi connectivity index (χ0v) is 9.36. The van der Waals surface area contributed by atoms with Gasteiger partial charge in [-0.1, -0.05) is 19.9 Å². The number of allylic oxidation sites excluding steroid dienone is 2. The van der Waals surface area contributed by atoms with Gasteiger partial charge in [0.2, 0.25) is 0 Å². The summed E-state index contributed by atoms with van der Waals surface area (Å²) >= 11 is 0. The van der Waals surface area contributed by atoms with Gasteiger partial charge in [-0.25, -0.2) is 0 Å². The van der Waals surface area contributed by atoms with E-state index in [9.17, 15) is 15.2 Å². The van der Waals surface area contributed by atoms with Crippen LogP contribution in [0.1, 0.15) is 20.8 Å². The first-order chi connectivity index (χ1) is 7.04. The highest BCUT2D eigenvalue weighted by molar-refractivity contribution is 5.31. The zero-order chi connectivity index (χ0) is 12.4. The van der Waals surface area contributed by atoms with E-state index in [1.807, 2.05) is 13.8 Å². The molecule has 0 unspecified atom stereocenters. The normalized spacial score (nSPS) is 11.5. The molecular weight excluding hydrogens is 196 g/mol. The minimum absolute atomic E-state index is 0.0445. The van der Waals surface area contributed by atoms with Crippen molar-refractivity contribution in [2.75, 3.05) is 6.54 Å². The van der Waals surface area contributed by atoms with Gasteiger partial charge in [0.15, 0.2) is 0 Å². The Morgan fingerprint density at radius 1 is 1.60 bits per heavy atom. The second-order valence-corrected chi connectivity index (χ2v) is 2.27. The number of aliphatic hydroxyl groups is 1. The minimum Gasteiger partial charge on any atom is -0.507 e. The van der Waals surface area contributed by atoms with Crippen LogP contribution in [0.4, 0.5) is 0 Å². The van der Waals surface area contributed by atoms with E-state index in [4.69, 9.17) is 5.73 Å². The third-order valence-electron chi connectivity index (χ3n) is 1.41. The van der Waals surface area contributed by atoms with Gasteiger partial charge in [0.25, 0.3) is 5.70 Å². The standard InChI is InChI=1S/C8H12N2O3.C2H6/c1-3-4-8(11)7(5-9)6(2)10(12)13;1-2/h3-4,11H,2,5,9H2,1H3;1-2H3/b4-3-,8-7+;. The van der Waals surface area contributed by atoms with Gasteiger partial charge < -0.3 is 10.8 Å². The van der Waals surface area contributed by atoms with Crippen LogP contribution in [-0.2, 0) is 0 Å². The van der Waals surface area contributed by atoms with Crippen molar-refractivity contribution in [2.45, 2.75) is 20.8 Å². The molecule has 0 aromatic rings. The maximum atomic E-state index is 10.3. The lowest BCUT2D eigenvalue weighted by atomic mass is 10.1. The monoisotopic (exact) mass is 214 g/mol. The van der Waals surface area contributed by atoms with E-state index >= 15 is 0 Å². The molecule has 0 rings (SSSR count). The van der Waals surface area contributed by atoms with Crippen molar-refractivity contribution >= 4 is 0 Å². The van der Waals surface area contributed by atoms with E-state index in [-0.39, 0.29) is 23.6 Å². The summed E-state index contributed by atoms with van der Waals surface area (Å²) in [5.74, 6) is -0.216. The SMILES string of the molecule is C=C(/C(CN)=C(O)\C=C/C)[N+](=O)[O-].CC. The van der Waals surface area contributed by atoms with Crippen molar-refractivity contribution in [3.05, 3.63) is 45.9 Å². The minimum atomic E-state index is -0.679. The van der Waals surface area contributed by atoms with Crippen molar-refractivity contribution < 1.29 is 10.0 Å². The first kappa shape index (κ1) is 15.8. The summed E-state index contributed by atoms with van der Waals surface area (Å²) in [5, 5.41) is 19.6. The van der Waals surface area contributed by atoms with Crippen LogP contribution in [0.3, 0.4) is 0 Å². The number of nitro groups is 1. The molecular formula is C10H18N2O3. The molecule has 0 aliphatic carbocycles. The van der Waals surface area contributed by atoms with Crippen molar-refractivity contribution in [1.82, 2.24) is 0 Å². The highest BCUT2D eigenvalue weighted by Crippen LogP contribution is 2.11. The molecule has 0 saturated carbocycles. The Labute approximate surface area is 89.7 Å². The highest BCUT2D eigenvalue weighted by Gasteiger charge is 2.15. The Kier molecular flexibility index (Phi) is 9.45. The number of hydrogen-bond acceptors (Lipinski definition) is 4. The molecule has 0 atom stereocenters. The largest absolute Gasteiger partial charge is 0.507 e. The molecule has 0 aromatic heterocycles. The second-order valence-electron chi connectivity index (χ2n) is 2.27. The molecule has 0 aromatic carbocycles. The summed E-state index contributed by atoms with van der Waals surface area (Å²) in [4.78, 5) is 9.61. The first-order valence-electron chi connectivity index (χ1n) is 4.63. The van der Waals surface area contributed by atoms with Crippen LogP contribution in [0.25, 0.3) is 0 Å². The number of hydrogen-bond donors (Lipinski definition) is 2. The Morgan fingerprint density at radius 2 is 2.07 bits per heavy atom. The number of rotatable bonds is 4. The van der Waals surface area contributed by atoms with Gasteiger partial charge in [-0.3, -0.25) is 10.1 Å². The van der Waals surface area contributed by atoms with Crippen molar-refractivity contribution in [3.8, 4) is 0 Å². The lowest BCUT2D eigenvalue weighted by molar-refractivity contribution is -0.420. The lowest BCUT2D eigenvalue weighted by Gasteiger charge is -2.01. The predicted octanol–water partition coefficient (Wildman–Crippen LogP) is 2.15. The smallest absolute Gasteiger partial charge is 0.270 e. The zero-order valence-electron chi connectivity index (χ0n) is 9.36. The number of nitrogens with zero attached hydrogens (tertiary/aromatic N) is 1. The molecule has 15 heavy (non-hydrogen) atoms. The molecule has 3 N–H and O–H groups in total. The summed E-state index contributed by atoms with van der Waals surface area (Å²) < 4.78 is 0. The van der Waals surface area contributed by atoms with Gasteiger partial charge >= 0.3 is 0 Å². The fraction of sp³-hybridized carbons (Fsp3) is 0.400. The third kappa shape index (κ3) is 5.64. The maximum Gasteiger partial charge on any atom is 0.270 e. The van der Waals surface area contributed by atoms with Crippen LogP contribution in [0.15, 0.2) is 35.8 Å². The molecule has 5 nitrogen and oxygen atoms in total. The van der Waals surface area contributed by atoms with E-state index < -0.39 is 4.92 Å². The maximum absolute atomic E-state index is 10.3. The fourth-order valence-electron chi connectivity index (χ4n) is 0.739. The van der Waals surface area contributed by atoms with E-state index in [2.05, 4.69) is 6.58 Å². The molecule has 0 aliphatic rings. The molecule has 86 valence electrons. The molecule has 0 amide bonds. The van der Waals surface area contributed by atoms with Gasteiger partial charge in [0.05, 0.1) is 10.5 Å². The average Bonchev–Trinajstić information content (AvgIpc) is 2.22. The second kappa shape index (κ2) is 8.96. The van der Waals surface area contributed by atoms with Gasteiger partial charge in [-0.2, -0.15) is 0 Å². The van der Waals surface area contributed by atoms with Crippen LogP contribution in [-0.4, -0.2) is 16.6 Å². The summed E-state index contributed by atoms with van der Waals surface area (Å²) in [6, 6.07) is 0. The van der Waals surface area contributed by atoms with Crippen LogP contribution in [0.2, 0.25) is 0 Å². The lowest BCUT2D eigenvalue weighted by Crippen LogP contribution is -2.12. The Bertz CT molecular complexity index is 280. The summed E-state index contributed by atoms with van der Waals surface area (Å²) in [7, 11) is 0. The molecule has 0 saturated heterocycles. The van der Waals surface area contributed by atoms with E-state index in [0.717, 1.165) is 0 Å². The Balaban J connectivity index is 0. The summed E-state index contributed by atoms with van der Waals surface area (Å²) in [6.07, 6.45) is 2.88. The molecule has 0 radical (unpaired) electrons. The van der Waals surface area contributed by atoms with Crippen LogP contribution in [0, 0.1) is 10.1 Å². The first-order valence-corrected chi connectivity index (χ1v) is 4.63. The average molecular weight is 214 g/mol. The van der Waals surface area contributed by atoms with Crippen molar-refractivity contribution in [2.24, 2.45) is 5.73 Å². The topological polar surface area (TPSA) is 89.4 Å². The van der Waals surface area contributed by atoms with Crippen molar-refractivity contribution in [3.63, 3.8) is 0 Å². The van der Waals surface area contributed by atoms with Crippen molar-refractivity contribution in [1.29, 1.82) is 0 Å². The third-order valence-corrected chi connectivity index (χ3v) is 1.41. The quantitative estimate of drug-likeness (QED) is 0.325. The van der Waals surface area contributed by atoms with E-state index in [1.54, 1.807) is 13.0 Å². The molecule has 0 spiro atoms. The Morgan fingerprint density at radius 3 is 2.33 bits per heavy atom. The molecule has 0 fully saturated rings. The van der Waals surface area contributed by atoms with Gasteiger partial charge in [-0.15, -0.1) is 0 Å². The summed E-state index contributed by atoms with van der Waals surface area (Å²) in [5.41, 5.74) is 4.89. The van der Waals surface area contributed by atoms with Gasteiger partial charge in [0, 0.05) is 6.54 Å². The fourth-order valence-corrected chi connectivity index (χ4v) is 0.739. The summed E-state index contributed by atoms with van der Waals surface area (Å²) in [6.45, 7) is 8.76. The van der Waals surface area contributed by atoms with E-state index in [1.165, 1.54) is 6.08 Å². The van der Waals surface area contributed by atoms with Gasteiger partial charge in [-0.05, 0) is 19.6 Å². The molecule has 0 aliphatic heterocycles. The van der Waals surface area contributed by atoms with Crippen LogP contribution in [0.5, 0.6) is 0 Å². The number of aliphatic hydroxyl groups excluding tert-OH is 1.